The highest BCUT2D eigenvalue weighted by Crippen LogP contribution is 2.27. The molecule has 0 atom stereocenters. The summed E-state index contributed by atoms with van der Waals surface area (Å²) in [5.41, 5.74) is 0.616. The van der Waals surface area contributed by atoms with Gasteiger partial charge in [-0.3, -0.25) is 19.8 Å². The molecule has 1 aromatic carbocycles. The molecular formula is C16H21N5O3. The fourth-order valence-electron chi connectivity index (χ4n) is 2.66. The number of nitro benzene ring substituents is 1. The lowest BCUT2D eigenvalue weighted by Gasteiger charge is -2.32. The topological polar surface area (TPSA) is 103 Å². The summed E-state index contributed by atoms with van der Waals surface area (Å²) < 4.78 is 0. The minimum atomic E-state index is -0.478. The minimum absolute atomic E-state index is 0.0733. The summed E-state index contributed by atoms with van der Waals surface area (Å²) in [5, 5.41) is 23.2. The van der Waals surface area contributed by atoms with E-state index >= 15 is 0 Å². The Bertz CT molecular complexity index is 660. The van der Waals surface area contributed by atoms with Crippen LogP contribution >= 0.6 is 0 Å². The molecule has 1 heterocycles. The van der Waals surface area contributed by atoms with Crippen LogP contribution in [-0.4, -0.2) is 60.4 Å². The number of nitrogens with zero attached hydrogens (tertiary/aromatic N) is 4. The average Bonchev–Trinajstić information content (AvgIpc) is 2.56. The van der Waals surface area contributed by atoms with Crippen molar-refractivity contribution < 1.29 is 9.72 Å². The summed E-state index contributed by atoms with van der Waals surface area (Å²) in [6, 6.07) is 6.46. The summed E-state index contributed by atoms with van der Waals surface area (Å²) >= 11 is 0. The van der Waals surface area contributed by atoms with Crippen LogP contribution in [0.1, 0.15) is 18.4 Å². The van der Waals surface area contributed by atoms with E-state index in [1.807, 2.05) is 6.07 Å². The van der Waals surface area contributed by atoms with Gasteiger partial charge in [0.25, 0.3) is 5.69 Å². The zero-order chi connectivity index (χ0) is 17.7. The fraction of sp³-hybridized carbons (Fsp3) is 0.500. The second kappa shape index (κ2) is 7.75. The lowest BCUT2D eigenvalue weighted by atomic mass is 10.0. The molecule has 1 aliphatic heterocycles. The number of carbonyl (C=O) groups is 1. The summed E-state index contributed by atoms with van der Waals surface area (Å²) in [6.07, 6.45) is 1.61. The maximum Gasteiger partial charge on any atom is 0.293 e. The lowest BCUT2D eigenvalue weighted by molar-refractivity contribution is -0.384. The number of likely N-dealkylation sites (tertiary alicyclic amines) is 1. The third-order valence-electron chi connectivity index (χ3n) is 4.13. The molecule has 1 N–H and O–H groups in total. The maximum absolute atomic E-state index is 11.7. The largest absolute Gasteiger partial charge is 0.377 e. The quantitative estimate of drug-likeness (QED) is 0.647. The highest BCUT2D eigenvalue weighted by molar-refractivity contribution is 5.77. The molecule has 0 bridgehead atoms. The Kier molecular flexibility index (Phi) is 5.71. The predicted octanol–water partition coefficient (Wildman–Crippen LogP) is 1.43. The number of hydrogen-bond donors (Lipinski definition) is 1. The van der Waals surface area contributed by atoms with Crippen molar-refractivity contribution in [2.75, 3.05) is 39.0 Å². The standard InChI is InChI=1S/C16H21N5O3/c1-19(2)16(22)11-20-7-5-13(6-8-20)18-14-4-3-12(10-17)9-15(14)21(23)24/h3-4,9,13,18H,5-8,11H2,1-2H3. The molecule has 0 radical (unpaired) electrons. The summed E-state index contributed by atoms with van der Waals surface area (Å²) in [5.74, 6) is 0.0733. The molecule has 8 heteroatoms. The predicted molar refractivity (Wildman–Crippen MR) is 89.6 cm³/mol. The van der Waals surface area contributed by atoms with Crippen molar-refractivity contribution in [3.8, 4) is 6.07 Å². The number of amides is 1. The number of nitrogens with one attached hydrogen (secondary N) is 1. The molecule has 0 unspecified atom stereocenters. The van der Waals surface area contributed by atoms with Gasteiger partial charge in [-0.25, -0.2) is 0 Å². The second-order valence-corrected chi connectivity index (χ2v) is 6.08. The molecule has 128 valence electrons. The number of rotatable bonds is 5. The van der Waals surface area contributed by atoms with Gasteiger partial charge in [-0.2, -0.15) is 5.26 Å². The SMILES string of the molecule is CN(C)C(=O)CN1CCC(Nc2ccc(C#N)cc2[N+](=O)[O-])CC1. The van der Waals surface area contributed by atoms with Gasteiger partial charge in [-0.05, 0) is 25.0 Å². The van der Waals surface area contributed by atoms with Gasteiger partial charge in [0.15, 0.2) is 0 Å². The van der Waals surface area contributed by atoms with E-state index in [-0.39, 0.29) is 23.2 Å². The van der Waals surface area contributed by atoms with Crippen LogP contribution in [0.15, 0.2) is 18.2 Å². The number of hydrogen-bond acceptors (Lipinski definition) is 6. The van der Waals surface area contributed by atoms with Gasteiger partial charge in [-0.1, -0.05) is 0 Å². The van der Waals surface area contributed by atoms with Crippen LogP contribution in [0.2, 0.25) is 0 Å². The van der Waals surface area contributed by atoms with Crippen LogP contribution in [0.4, 0.5) is 11.4 Å². The van der Waals surface area contributed by atoms with E-state index in [0.29, 0.717) is 12.2 Å². The van der Waals surface area contributed by atoms with E-state index < -0.39 is 4.92 Å². The first kappa shape index (κ1) is 17.7. The summed E-state index contributed by atoms with van der Waals surface area (Å²) in [7, 11) is 3.47. The van der Waals surface area contributed by atoms with Crippen LogP contribution in [0.5, 0.6) is 0 Å². The Hall–Kier alpha value is -2.66. The molecule has 0 aromatic heterocycles. The van der Waals surface area contributed by atoms with Crippen molar-refractivity contribution in [2.24, 2.45) is 0 Å². The highest BCUT2D eigenvalue weighted by Gasteiger charge is 2.23. The lowest BCUT2D eigenvalue weighted by Crippen LogP contribution is -2.43. The molecule has 24 heavy (non-hydrogen) atoms. The molecule has 1 amide bonds. The van der Waals surface area contributed by atoms with Crippen LogP contribution < -0.4 is 5.32 Å². The van der Waals surface area contributed by atoms with E-state index in [0.717, 1.165) is 25.9 Å². The summed E-state index contributed by atoms with van der Waals surface area (Å²) in [6.45, 7) is 1.93. The molecule has 8 nitrogen and oxygen atoms in total. The van der Waals surface area contributed by atoms with Crippen molar-refractivity contribution in [1.82, 2.24) is 9.80 Å². The number of nitro groups is 1. The zero-order valence-electron chi connectivity index (χ0n) is 13.9. The van der Waals surface area contributed by atoms with Gasteiger partial charge >= 0.3 is 0 Å². The number of likely N-dealkylation sites (N-methyl/N-ethyl adjacent to an activating group) is 1. The van der Waals surface area contributed by atoms with E-state index in [1.54, 1.807) is 31.1 Å². The zero-order valence-corrected chi connectivity index (χ0v) is 13.9. The summed E-state index contributed by atoms with van der Waals surface area (Å²) in [4.78, 5) is 26.1. The minimum Gasteiger partial charge on any atom is -0.377 e. The van der Waals surface area contributed by atoms with E-state index in [2.05, 4.69) is 10.2 Å². The molecule has 1 fully saturated rings. The van der Waals surface area contributed by atoms with Crippen LogP contribution in [0.3, 0.4) is 0 Å². The van der Waals surface area contributed by atoms with Crippen LogP contribution in [-0.2, 0) is 4.79 Å². The van der Waals surface area contributed by atoms with Gasteiger partial charge in [0.1, 0.15) is 5.69 Å². The molecule has 1 saturated heterocycles. The monoisotopic (exact) mass is 331 g/mol. The first-order valence-electron chi connectivity index (χ1n) is 7.78. The normalized spacial score (nSPS) is 15.5. The van der Waals surface area contributed by atoms with Crippen molar-refractivity contribution in [1.29, 1.82) is 5.26 Å². The number of anilines is 1. The first-order chi connectivity index (χ1) is 11.4. The van der Waals surface area contributed by atoms with Crippen molar-refractivity contribution in [3.05, 3.63) is 33.9 Å². The number of nitriles is 1. The van der Waals surface area contributed by atoms with Gasteiger partial charge < -0.3 is 10.2 Å². The third kappa shape index (κ3) is 4.43. The van der Waals surface area contributed by atoms with Crippen LogP contribution in [0.25, 0.3) is 0 Å². The molecular weight excluding hydrogens is 310 g/mol. The Morgan fingerprint density at radius 3 is 2.67 bits per heavy atom. The molecule has 0 spiro atoms. The Morgan fingerprint density at radius 2 is 2.12 bits per heavy atom. The van der Waals surface area contributed by atoms with Gasteiger partial charge in [0, 0.05) is 39.3 Å². The number of carbonyl (C=O) groups excluding carboxylic acids is 1. The Morgan fingerprint density at radius 1 is 1.46 bits per heavy atom. The van der Waals surface area contributed by atoms with Crippen molar-refractivity contribution >= 4 is 17.3 Å². The Labute approximate surface area is 140 Å². The van der Waals surface area contributed by atoms with Crippen molar-refractivity contribution in [2.45, 2.75) is 18.9 Å². The Balaban J connectivity index is 1.96. The smallest absolute Gasteiger partial charge is 0.293 e. The third-order valence-corrected chi connectivity index (χ3v) is 4.13. The molecule has 1 aromatic rings. The maximum atomic E-state index is 11.7. The fourth-order valence-corrected chi connectivity index (χ4v) is 2.66. The molecule has 0 aliphatic carbocycles. The number of piperidine rings is 1. The van der Waals surface area contributed by atoms with E-state index in [4.69, 9.17) is 5.26 Å². The van der Waals surface area contributed by atoms with Gasteiger partial charge in [0.2, 0.25) is 5.91 Å². The van der Waals surface area contributed by atoms with Gasteiger partial charge in [0.05, 0.1) is 23.1 Å². The second-order valence-electron chi connectivity index (χ2n) is 6.08. The van der Waals surface area contributed by atoms with Crippen molar-refractivity contribution in [3.63, 3.8) is 0 Å². The average molecular weight is 331 g/mol. The first-order valence-corrected chi connectivity index (χ1v) is 7.78. The number of benzene rings is 1. The van der Waals surface area contributed by atoms with E-state index in [9.17, 15) is 14.9 Å². The van der Waals surface area contributed by atoms with E-state index in [1.165, 1.54) is 6.07 Å². The van der Waals surface area contributed by atoms with Gasteiger partial charge in [-0.15, -0.1) is 0 Å². The molecule has 0 saturated carbocycles. The molecule has 1 aliphatic rings. The van der Waals surface area contributed by atoms with Crippen LogP contribution in [0, 0.1) is 21.4 Å². The molecule has 2 rings (SSSR count). The highest BCUT2D eigenvalue weighted by atomic mass is 16.6.